The summed E-state index contributed by atoms with van der Waals surface area (Å²) in [5.74, 6) is -0.235. The highest BCUT2D eigenvalue weighted by atomic mass is 35.5. The van der Waals surface area contributed by atoms with E-state index >= 15 is 0 Å². The molecule has 1 aliphatic heterocycles. The van der Waals surface area contributed by atoms with Crippen LogP contribution in [0.25, 0.3) is 0 Å². The van der Waals surface area contributed by atoms with Crippen molar-refractivity contribution in [2.45, 2.75) is 10.9 Å². The lowest BCUT2D eigenvalue weighted by atomic mass is 10.2. The second kappa shape index (κ2) is 8.98. The Morgan fingerprint density at radius 3 is 2.42 bits per heavy atom. The van der Waals surface area contributed by atoms with Crippen molar-refractivity contribution in [3.8, 4) is 0 Å². The first-order chi connectivity index (χ1) is 10.9. The molecule has 0 aliphatic carbocycles. The van der Waals surface area contributed by atoms with Crippen LogP contribution in [-0.2, 0) is 19.6 Å². The smallest absolute Gasteiger partial charge is 0.244 e. The molecule has 2 N–H and O–H groups in total. The molecule has 0 aromatic heterocycles. The van der Waals surface area contributed by atoms with E-state index in [0.29, 0.717) is 13.1 Å². The van der Waals surface area contributed by atoms with Gasteiger partial charge in [0.1, 0.15) is 10.9 Å². The summed E-state index contributed by atoms with van der Waals surface area (Å²) in [6.45, 7) is 1.13. The summed E-state index contributed by atoms with van der Waals surface area (Å²) in [5, 5.41) is 0.188. The predicted molar refractivity (Wildman–Crippen MR) is 93.9 cm³/mol. The molecular weight excluding hydrogens is 377 g/mol. The molecule has 1 fully saturated rings. The van der Waals surface area contributed by atoms with Crippen LogP contribution >= 0.6 is 24.0 Å². The molecule has 1 heterocycles. The number of methoxy groups -OCH3 is 1. The fraction of sp³-hybridized carbons (Fsp3) is 0.500. The molecule has 10 heteroatoms. The number of halogens is 2. The van der Waals surface area contributed by atoms with Crippen LogP contribution in [0.2, 0.25) is 5.02 Å². The number of hydrogen-bond acceptors (Lipinski definition) is 5. The van der Waals surface area contributed by atoms with Crippen LogP contribution in [0.15, 0.2) is 29.2 Å². The maximum Gasteiger partial charge on any atom is 0.244 e. The molecule has 1 saturated heterocycles. The Morgan fingerprint density at radius 1 is 1.29 bits per heavy atom. The van der Waals surface area contributed by atoms with E-state index in [9.17, 15) is 13.2 Å². The maximum absolute atomic E-state index is 12.6. The summed E-state index contributed by atoms with van der Waals surface area (Å²) in [7, 11) is -2.19. The zero-order valence-corrected chi connectivity index (χ0v) is 15.6. The summed E-state index contributed by atoms with van der Waals surface area (Å²) in [4.78, 5) is 13.7. The van der Waals surface area contributed by atoms with E-state index in [-0.39, 0.29) is 47.9 Å². The Balaban J connectivity index is 0.00000288. The number of benzene rings is 1. The number of nitrogens with zero attached hydrogens (tertiary/aromatic N) is 2. The first kappa shape index (κ1) is 21.1. The molecule has 2 rings (SSSR count). The fourth-order valence-electron chi connectivity index (χ4n) is 2.43. The third-order valence-corrected chi connectivity index (χ3v) is 6.07. The molecule has 0 spiro atoms. The van der Waals surface area contributed by atoms with E-state index in [1.165, 1.54) is 23.5 Å². The van der Waals surface area contributed by atoms with E-state index < -0.39 is 16.1 Å². The minimum atomic E-state index is -3.66. The van der Waals surface area contributed by atoms with Gasteiger partial charge >= 0.3 is 0 Å². The van der Waals surface area contributed by atoms with Gasteiger partial charge in [0.25, 0.3) is 0 Å². The molecule has 7 nitrogen and oxygen atoms in total. The van der Waals surface area contributed by atoms with E-state index in [0.717, 1.165) is 0 Å². The predicted octanol–water partition coefficient (Wildman–Crippen LogP) is 0.568. The summed E-state index contributed by atoms with van der Waals surface area (Å²) < 4.78 is 31.4. The van der Waals surface area contributed by atoms with Gasteiger partial charge in [-0.1, -0.05) is 23.7 Å². The first-order valence-electron chi connectivity index (χ1n) is 7.16. The highest BCUT2D eigenvalue weighted by molar-refractivity contribution is 7.89. The molecular formula is C14H21Cl2N3O4S. The van der Waals surface area contributed by atoms with Gasteiger partial charge in [-0.3, -0.25) is 4.79 Å². The number of carbonyl (C=O) groups is 1. The molecule has 0 bridgehead atoms. The van der Waals surface area contributed by atoms with Crippen molar-refractivity contribution in [1.29, 1.82) is 0 Å². The maximum atomic E-state index is 12.6. The quantitative estimate of drug-likeness (QED) is 0.783. The number of sulfonamides is 1. The number of carbonyl (C=O) groups excluding carboxylic acids is 1. The number of hydrogen-bond donors (Lipinski definition) is 1. The largest absolute Gasteiger partial charge is 0.383 e. The van der Waals surface area contributed by atoms with Gasteiger partial charge in [0.15, 0.2) is 0 Å². The SMILES string of the molecule is COCC(N)C(=O)N1CCN(S(=O)(=O)c2ccccc2Cl)CC1.Cl. The number of piperazine rings is 1. The Labute approximate surface area is 153 Å². The lowest BCUT2D eigenvalue weighted by molar-refractivity contribution is -0.134. The van der Waals surface area contributed by atoms with Crippen LogP contribution < -0.4 is 5.73 Å². The van der Waals surface area contributed by atoms with Crippen LogP contribution in [0.4, 0.5) is 0 Å². The van der Waals surface area contributed by atoms with Gasteiger partial charge in [0, 0.05) is 33.3 Å². The van der Waals surface area contributed by atoms with Crippen LogP contribution in [0, 0.1) is 0 Å². The Kier molecular flexibility index (Phi) is 7.91. The Bertz CT molecular complexity index is 664. The van der Waals surface area contributed by atoms with Crippen LogP contribution in [0.3, 0.4) is 0 Å². The van der Waals surface area contributed by atoms with Gasteiger partial charge in [-0.15, -0.1) is 12.4 Å². The molecule has 1 aromatic rings. The van der Waals surface area contributed by atoms with Crippen LogP contribution in [0.1, 0.15) is 0 Å². The highest BCUT2D eigenvalue weighted by Gasteiger charge is 2.32. The average Bonchev–Trinajstić information content (AvgIpc) is 2.54. The number of amides is 1. The van der Waals surface area contributed by atoms with E-state index in [2.05, 4.69) is 0 Å². The van der Waals surface area contributed by atoms with Crippen molar-refractivity contribution in [1.82, 2.24) is 9.21 Å². The van der Waals surface area contributed by atoms with E-state index in [1.807, 2.05) is 0 Å². The van der Waals surface area contributed by atoms with Crippen molar-refractivity contribution < 1.29 is 17.9 Å². The molecule has 0 saturated carbocycles. The van der Waals surface area contributed by atoms with Crippen molar-refractivity contribution in [3.05, 3.63) is 29.3 Å². The third kappa shape index (κ3) is 4.59. The van der Waals surface area contributed by atoms with Crippen LogP contribution in [-0.4, -0.2) is 69.5 Å². The minimum absolute atomic E-state index is 0. The molecule has 1 aliphatic rings. The molecule has 24 heavy (non-hydrogen) atoms. The summed E-state index contributed by atoms with van der Waals surface area (Å²) in [6.07, 6.45) is 0. The third-order valence-electron chi connectivity index (χ3n) is 3.67. The zero-order chi connectivity index (χ0) is 17.0. The molecule has 1 aromatic carbocycles. The highest BCUT2D eigenvalue weighted by Crippen LogP contribution is 2.25. The topological polar surface area (TPSA) is 92.9 Å². The van der Waals surface area contributed by atoms with Crippen molar-refractivity contribution in [3.63, 3.8) is 0 Å². The first-order valence-corrected chi connectivity index (χ1v) is 8.97. The average molecular weight is 398 g/mol. The molecule has 1 amide bonds. The van der Waals surface area contributed by atoms with E-state index in [1.54, 1.807) is 17.0 Å². The summed E-state index contributed by atoms with van der Waals surface area (Å²) in [5.41, 5.74) is 5.72. The summed E-state index contributed by atoms with van der Waals surface area (Å²) in [6, 6.07) is 5.59. The molecule has 136 valence electrons. The Hall–Kier alpha value is -0.900. The standard InChI is InChI=1S/C14H20ClN3O4S.ClH/c1-22-10-12(16)14(19)17-6-8-18(9-7-17)23(20,21)13-5-3-2-4-11(13)15;/h2-5,12H,6-10,16H2,1H3;1H. The van der Waals surface area contributed by atoms with Gasteiger partial charge in [0.05, 0.1) is 11.6 Å². The number of rotatable bonds is 5. The van der Waals surface area contributed by atoms with Gasteiger partial charge in [-0.25, -0.2) is 8.42 Å². The second-order valence-corrected chi connectivity index (χ2v) is 7.54. The lowest BCUT2D eigenvalue weighted by Gasteiger charge is -2.35. The minimum Gasteiger partial charge on any atom is -0.383 e. The van der Waals surface area contributed by atoms with Gasteiger partial charge < -0.3 is 15.4 Å². The number of nitrogens with two attached hydrogens (primary N) is 1. The van der Waals surface area contributed by atoms with Crippen molar-refractivity contribution >= 4 is 39.9 Å². The Morgan fingerprint density at radius 2 is 1.88 bits per heavy atom. The monoisotopic (exact) mass is 397 g/mol. The second-order valence-electron chi connectivity index (χ2n) is 5.22. The molecule has 0 radical (unpaired) electrons. The zero-order valence-electron chi connectivity index (χ0n) is 13.2. The van der Waals surface area contributed by atoms with Crippen LogP contribution in [0.5, 0.6) is 0 Å². The fourth-order valence-corrected chi connectivity index (χ4v) is 4.34. The summed E-state index contributed by atoms with van der Waals surface area (Å²) >= 11 is 5.98. The van der Waals surface area contributed by atoms with Gasteiger partial charge in [-0.2, -0.15) is 4.31 Å². The normalized spacial score (nSPS) is 17.2. The van der Waals surface area contributed by atoms with Crippen molar-refractivity contribution in [2.75, 3.05) is 39.9 Å². The van der Waals surface area contributed by atoms with Gasteiger partial charge in [-0.05, 0) is 12.1 Å². The lowest BCUT2D eigenvalue weighted by Crippen LogP contribution is -2.55. The van der Waals surface area contributed by atoms with E-state index in [4.69, 9.17) is 22.1 Å². The van der Waals surface area contributed by atoms with Gasteiger partial charge in [0.2, 0.25) is 15.9 Å². The molecule has 1 atom stereocenters. The van der Waals surface area contributed by atoms with Crippen molar-refractivity contribution in [2.24, 2.45) is 5.73 Å². The number of ether oxygens (including phenoxy) is 1. The molecule has 1 unspecified atom stereocenters.